The largest absolute Gasteiger partial charge is 0.364 e. The number of nitrogens with two attached hydrogens (primary N) is 1. The number of carbonyl (C=O) groups is 2. The molecule has 3 atom stereocenters. The maximum atomic E-state index is 12.9. The molecule has 0 bridgehead atoms. The van der Waals surface area contributed by atoms with Crippen LogP contribution in [0, 0.1) is 5.92 Å². The number of primary amides is 1. The van der Waals surface area contributed by atoms with Crippen LogP contribution < -0.4 is 5.73 Å². The highest BCUT2D eigenvalue weighted by atomic mass is 16.2. The number of rotatable bonds is 4. The molecule has 1 aliphatic carbocycles. The fourth-order valence-electron chi connectivity index (χ4n) is 3.87. The van der Waals surface area contributed by atoms with Crippen LogP contribution in [-0.2, 0) is 4.79 Å². The second-order valence-electron chi connectivity index (χ2n) is 7.06. The molecule has 0 unspecified atom stereocenters. The van der Waals surface area contributed by atoms with E-state index in [-0.39, 0.29) is 23.4 Å². The van der Waals surface area contributed by atoms with Gasteiger partial charge >= 0.3 is 0 Å². The molecular weight excluding hydrogens is 316 g/mol. The SMILES string of the molecule is NC(=O)c1cc([C@@H]2CCCN(C(=O)[C@H]3C[C@@H]3c3ccccc3)C2)[nH]n1. The van der Waals surface area contributed by atoms with Crippen LogP contribution in [0.2, 0.25) is 0 Å². The summed E-state index contributed by atoms with van der Waals surface area (Å²) in [4.78, 5) is 26.1. The van der Waals surface area contributed by atoms with Crippen LogP contribution >= 0.6 is 0 Å². The van der Waals surface area contributed by atoms with Gasteiger partial charge in [0, 0.05) is 30.6 Å². The Morgan fingerprint density at radius 1 is 1.24 bits per heavy atom. The molecule has 6 nitrogen and oxygen atoms in total. The van der Waals surface area contributed by atoms with Crippen LogP contribution in [-0.4, -0.2) is 40.0 Å². The Morgan fingerprint density at radius 2 is 2.04 bits per heavy atom. The minimum absolute atomic E-state index is 0.115. The Hall–Kier alpha value is -2.63. The van der Waals surface area contributed by atoms with Gasteiger partial charge in [0.05, 0.1) is 0 Å². The summed E-state index contributed by atoms with van der Waals surface area (Å²) in [5, 5.41) is 6.86. The summed E-state index contributed by atoms with van der Waals surface area (Å²) in [6.45, 7) is 1.49. The number of benzene rings is 1. The zero-order valence-corrected chi connectivity index (χ0v) is 14.0. The van der Waals surface area contributed by atoms with Crippen molar-refractivity contribution < 1.29 is 9.59 Å². The van der Waals surface area contributed by atoms with Crippen molar-refractivity contribution in [2.24, 2.45) is 11.7 Å². The van der Waals surface area contributed by atoms with E-state index in [2.05, 4.69) is 22.3 Å². The number of aromatic amines is 1. The third-order valence-electron chi connectivity index (χ3n) is 5.36. The summed E-state index contributed by atoms with van der Waals surface area (Å²) < 4.78 is 0. The normalized spacial score (nSPS) is 25.6. The van der Waals surface area contributed by atoms with Gasteiger partial charge in [-0.05, 0) is 36.8 Å². The topological polar surface area (TPSA) is 92.1 Å². The second-order valence-corrected chi connectivity index (χ2v) is 7.06. The first kappa shape index (κ1) is 15.9. The minimum atomic E-state index is -0.532. The Balaban J connectivity index is 1.41. The van der Waals surface area contributed by atoms with Gasteiger partial charge in [-0.15, -0.1) is 0 Å². The van der Waals surface area contributed by atoms with Gasteiger partial charge in [-0.3, -0.25) is 14.7 Å². The summed E-state index contributed by atoms with van der Waals surface area (Å²) in [5.74, 6) is 0.391. The molecule has 2 amide bonds. The standard InChI is InChI=1S/C19H22N4O2/c20-18(24)17-10-16(21-22-17)13-7-4-8-23(11-13)19(25)15-9-14(15)12-5-2-1-3-6-12/h1-3,5-6,10,13-15H,4,7-9,11H2,(H2,20,24)(H,21,22)/t13-,14-,15+/m1/s1. The fourth-order valence-corrected chi connectivity index (χ4v) is 3.87. The van der Waals surface area contributed by atoms with E-state index in [1.54, 1.807) is 6.07 Å². The summed E-state index contributed by atoms with van der Waals surface area (Å²) in [6.07, 6.45) is 2.89. The van der Waals surface area contributed by atoms with E-state index in [4.69, 9.17) is 5.73 Å². The van der Waals surface area contributed by atoms with Crippen molar-refractivity contribution in [2.45, 2.75) is 31.1 Å². The average Bonchev–Trinajstić information content (AvgIpc) is 3.29. The van der Waals surface area contributed by atoms with E-state index in [0.29, 0.717) is 12.5 Å². The smallest absolute Gasteiger partial charge is 0.269 e. The number of nitrogens with zero attached hydrogens (tertiary/aromatic N) is 2. The van der Waals surface area contributed by atoms with Crippen molar-refractivity contribution in [3.63, 3.8) is 0 Å². The summed E-state index contributed by atoms with van der Waals surface area (Å²) in [5.41, 5.74) is 7.67. The number of carbonyl (C=O) groups excluding carboxylic acids is 2. The molecule has 0 radical (unpaired) electrons. The lowest BCUT2D eigenvalue weighted by Crippen LogP contribution is -2.40. The number of aromatic nitrogens is 2. The highest BCUT2D eigenvalue weighted by Crippen LogP contribution is 2.48. The van der Waals surface area contributed by atoms with Crippen LogP contribution in [0.5, 0.6) is 0 Å². The van der Waals surface area contributed by atoms with Crippen LogP contribution in [0.15, 0.2) is 36.4 Å². The predicted molar refractivity (Wildman–Crippen MR) is 93.0 cm³/mol. The Morgan fingerprint density at radius 3 is 2.76 bits per heavy atom. The first-order chi connectivity index (χ1) is 12.1. The quantitative estimate of drug-likeness (QED) is 0.893. The van der Waals surface area contributed by atoms with E-state index >= 15 is 0 Å². The summed E-state index contributed by atoms with van der Waals surface area (Å²) in [7, 11) is 0. The van der Waals surface area contributed by atoms with E-state index in [1.165, 1.54) is 5.56 Å². The van der Waals surface area contributed by atoms with Gasteiger partial charge in [0.1, 0.15) is 5.69 Å². The van der Waals surface area contributed by atoms with Crippen molar-refractivity contribution in [1.29, 1.82) is 0 Å². The maximum absolute atomic E-state index is 12.9. The molecular formula is C19H22N4O2. The third kappa shape index (κ3) is 3.16. The van der Waals surface area contributed by atoms with Crippen molar-refractivity contribution in [3.8, 4) is 0 Å². The Labute approximate surface area is 146 Å². The van der Waals surface area contributed by atoms with E-state index in [0.717, 1.165) is 31.5 Å². The first-order valence-corrected chi connectivity index (χ1v) is 8.82. The molecule has 3 N–H and O–H groups in total. The molecule has 130 valence electrons. The molecule has 1 saturated carbocycles. The second kappa shape index (κ2) is 6.35. The van der Waals surface area contributed by atoms with Gasteiger partial charge in [0.15, 0.2) is 0 Å². The monoisotopic (exact) mass is 338 g/mol. The molecule has 1 saturated heterocycles. The molecule has 2 aromatic rings. The zero-order valence-electron chi connectivity index (χ0n) is 14.0. The van der Waals surface area contributed by atoms with Gasteiger partial charge in [0.2, 0.25) is 5.91 Å². The van der Waals surface area contributed by atoms with Crippen LogP contribution in [0.25, 0.3) is 0 Å². The highest BCUT2D eigenvalue weighted by Gasteiger charge is 2.46. The van der Waals surface area contributed by atoms with Crippen molar-refractivity contribution in [2.75, 3.05) is 13.1 Å². The number of nitrogens with one attached hydrogen (secondary N) is 1. The zero-order chi connectivity index (χ0) is 17.4. The molecule has 2 fully saturated rings. The third-order valence-corrected chi connectivity index (χ3v) is 5.36. The van der Waals surface area contributed by atoms with Gasteiger partial charge in [-0.25, -0.2) is 0 Å². The number of piperidine rings is 1. The summed E-state index contributed by atoms with van der Waals surface area (Å²) in [6, 6.07) is 12.0. The number of likely N-dealkylation sites (tertiary alicyclic amines) is 1. The Bertz CT molecular complexity index is 786. The highest BCUT2D eigenvalue weighted by molar-refractivity contribution is 5.90. The van der Waals surface area contributed by atoms with Gasteiger partial charge in [0.25, 0.3) is 5.91 Å². The molecule has 1 aromatic carbocycles. The van der Waals surface area contributed by atoms with Gasteiger partial charge < -0.3 is 10.6 Å². The van der Waals surface area contributed by atoms with Gasteiger partial charge in [-0.1, -0.05) is 30.3 Å². The first-order valence-electron chi connectivity index (χ1n) is 8.82. The molecule has 2 aliphatic rings. The molecule has 6 heteroatoms. The average molecular weight is 338 g/mol. The summed E-state index contributed by atoms with van der Waals surface area (Å²) >= 11 is 0. The number of hydrogen-bond acceptors (Lipinski definition) is 3. The lowest BCUT2D eigenvalue weighted by Gasteiger charge is -2.32. The van der Waals surface area contributed by atoms with Crippen molar-refractivity contribution in [3.05, 3.63) is 53.3 Å². The van der Waals surface area contributed by atoms with Crippen LogP contribution in [0.3, 0.4) is 0 Å². The van der Waals surface area contributed by atoms with Crippen molar-refractivity contribution >= 4 is 11.8 Å². The number of H-pyrrole nitrogens is 1. The predicted octanol–water partition coefficient (Wildman–Crippen LogP) is 2.02. The van der Waals surface area contributed by atoms with E-state index in [1.807, 2.05) is 23.1 Å². The van der Waals surface area contributed by atoms with E-state index < -0.39 is 5.91 Å². The molecule has 1 aromatic heterocycles. The molecule has 25 heavy (non-hydrogen) atoms. The minimum Gasteiger partial charge on any atom is -0.364 e. The molecule has 1 aliphatic heterocycles. The fraction of sp³-hybridized carbons (Fsp3) is 0.421. The number of amides is 2. The van der Waals surface area contributed by atoms with Gasteiger partial charge in [-0.2, -0.15) is 5.10 Å². The van der Waals surface area contributed by atoms with E-state index in [9.17, 15) is 9.59 Å². The maximum Gasteiger partial charge on any atom is 0.269 e. The van der Waals surface area contributed by atoms with Crippen LogP contribution in [0.1, 0.15) is 52.8 Å². The lowest BCUT2D eigenvalue weighted by molar-refractivity contribution is -0.133. The number of hydrogen-bond donors (Lipinski definition) is 2. The molecule has 4 rings (SSSR count). The van der Waals surface area contributed by atoms with Crippen LogP contribution in [0.4, 0.5) is 0 Å². The molecule has 2 heterocycles. The lowest BCUT2D eigenvalue weighted by atomic mass is 9.94. The Kier molecular flexibility index (Phi) is 4.03. The van der Waals surface area contributed by atoms with Crippen molar-refractivity contribution in [1.82, 2.24) is 15.1 Å². The molecule has 0 spiro atoms.